The zero-order valence-corrected chi connectivity index (χ0v) is 10.5. The lowest BCUT2D eigenvalue weighted by Crippen LogP contribution is -2.34. The first kappa shape index (κ1) is 12.0. The average molecular weight is 228 g/mol. The molecule has 90 valence electrons. The molecular weight excluding hydrogens is 208 g/mol. The molecule has 0 spiro atoms. The van der Waals surface area contributed by atoms with E-state index >= 15 is 0 Å². The summed E-state index contributed by atoms with van der Waals surface area (Å²) in [6.07, 6.45) is 4.02. The van der Waals surface area contributed by atoms with E-state index < -0.39 is 0 Å². The molecule has 2 rings (SSSR count). The van der Waals surface area contributed by atoms with Gasteiger partial charge < -0.3 is 4.90 Å². The third kappa shape index (κ3) is 3.00. The summed E-state index contributed by atoms with van der Waals surface area (Å²) < 4.78 is 0. The van der Waals surface area contributed by atoms with E-state index in [0.29, 0.717) is 6.42 Å². The minimum atomic E-state index is 0.686. The molecule has 2 nitrogen and oxygen atoms in total. The van der Waals surface area contributed by atoms with Crippen molar-refractivity contribution in [3.8, 4) is 6.07 Å². The van der Waals surface area contributed by atoms with Gasteiger partial charge in [0.2, 0.25) is 0 Å². The van der Waals surface area contributed by atoms with Crippen LogP contribution in [-0.2, 0) is 6.42 Å². The van der Waals surface area contributed by atoms with Crippen molar-refractivity contribution in [3.05, 3.63) is 29.8 Å². The van der Waals surface area contributed by atoms with Crippen LogP contribution in [0, 0.1) is 17.2 Å². The number of para-hydroxylation sites is 1. The summed E-state index contributed by atoms with van der Waals surface area (Å²) in [6.45, 7) is 4.56. The SMILES string of the molecule is CC1Cc2ccccc2N(CCCCC#N)C1. The quantitative estimate of drug-likeness (QED) is 0.739. The van der Waals surface area contributed by atoms with E-state index in [2.05, 4.69) is 42.2 Å². The van der Waals surface area contributed by atoms with Crippen LogP contribution in [0.3, 0.4) is 0 Å². The Bertz CT molecular complexity index is 406. The van der Waals surface area contributed by atoms with Gasteiger partial charge in [-0.15, -0.1) is 0 Å². The fourth-order valence-corrected chi connectivity index (χ4v) is 2.62. The molecule has 1 atom stereocenters. The lowest BCUT2D eigenvalue weighted by atomic mass is 9.94. The van der Waals surface area contributed by atoms with Crippen LogP contribution in [0.15, 0.2) is 24.3 Å². The number of nitriles is 1. The van der Waals surface area contributed by atoms with Gasteiger partial charge in [0.25, 0.3) is 0 Å². The predicted octanol–water partition coefficient (Wildman–Crippen LogP) is 3.38. The molecule has 0 N–H and O–H groups in total. The second-order valence-corrected chi connectivity index (χ2v) is 5.00. The second-order valence-electron chi connectivity index (χ2n) is 5.00. The Morgan fingerprint density at radius 3 is 3.00 bits per heavy atom. The molecule has 0 saturated carbocycles. The van der Waals surface area contributed by atoms with Crippen molar-refractivity contribution in [1.82, 2.24) is 0 Å². The molecule has 1 aromatic carbocycles. The van der Waals surface area contributed by atoms with Crippen LogP contribution >= 0.6 is 0 Å². The van der Waals surface area contributed by atoms with Crippen molar-refractivity contribution in [2.75, 3.05) is 18.0 Å². The van der Waals surface area contributed by atoms with Crippen molar-refractivity contribution in [3.63, 3.8) is 0 Å². The smallest absolute Gasteiger partial charge is 0.0621 e. The Labute approximate surface area is 104 Å². The molecular formula is C15H20N2. The van der Waals surface area contributed by atoms with E-state index in [1.807, 2.05) is 0 Å². The van der Waals surface area contributed by atoms with E-state index in [9.17, 15) is 0 Å². The fraction of sp³-hybridized carbons (Fsp3) is 0.533. The van der Waals surface area contributed by atoms with Gasteiger partial charge in [0.1, 0.15) is 0 Å². The average Bonchev–Trinajstić information content (AvgIpc) is 2.34. The van der Waals surface area contributed by atoms with E-state index in [1.54, 1.807) is 0 Å². The molecule has 0 aromatic heterocycles. The highest BCUT2D eigenvalue weighted by atomic mass is 15.1. The van der Waals surface area contributed by atoms with Gasteiger partial charge in [-0.25, -0.2) is 0 Å². The molecule has 1 heterocycles. The number of nitrogens with zero attached hydrogens (tertiary/aromatic N) is 2. The second kappa shape index (κ2) is 5.72. The maximum absolute atomic E-state index is 8.54. The van der Waals surface area contributed by atoms with Crippen LogP contribution < -0.4 is 4.90 Å². The summed E-state index contributed by atoms with van der Waals surface area (Å²) >= 11 is 0. The fourth-order valence-electron chi connectivity index (χ4n) is 2.62. The minimum Gasteiger partial charge on any atom is -0.371 e. The summed E-state index contributed by atoms with van der Waals surface area (Å²) in [5.74, 6) is 0.737. The monoisotopic (exact) mass is 228 g/mol. The summed E-state index contributed by atoms with van der Waals surface area (Å²) in [6, 6.07) is 10.9. The molecule has 0 bridgehead atoms. The Balaban J connectivity index is 2.00. The Hall–Kier alpha value is -1.49. The molecule has 0 saturated heterocycles. The number of hydrogen-bond acceptors (Lipinski definition) is 2. The third-order valence-corrected chi connectivity index (χ3v) is 3.40. The number of hydrogen-bond donors (Lipinski definition) is 0. The van der Waals surface area contributed by atoms with Crippen LogP contribution in [0.1, 0.15) is 31.7 Å². The normalized spacial score (nSPS) is 18.6. The van der Waals surface area contributed by atoms with Crippen molar-refractivity contribution in [2.45, 2.75) is 32.6 Å². The molecule has 1 aromatic rings. The third-order valence-electron chi connectivity index (χ3n) is 3.40. The van der Waals surface area contributed by atoms with Crippen LogP contribution in [0.25, 0.3) is 0 Å². The molecule has 1 aliphatic rings. The maximum Gasteiger partial charge on any atom is 0.0621 e. The van der Waals surface area contributed by atoms with Crippen molar-refractivity contribution < 1.29 is 0 Å². The van der Waals surface area contributed by atoms with E-state index in [0.717, 1.165) is 31.8 Å². The zero-order valence-electron chi connectivity index (χ0n) is 10.5. The van der Waals surface area contributed by atoms with Crippen LogP contribution in [-0.4, -0.2) is 13.1 Å². The van der Waals surface area contributed by atoms with Gasteiger partial charge in [-0.2, -0.15) is 5.26 Å². The first-order valence-corrected chi connectivity index (χ1v) is 6.51. The highest BCUT2D eigenvalue weighted by Crippen LogP contribution is 2.29. The number of benzene rings is 1. The number of anilines is 1. The Morgan fingerprint density at radius 1 is 1.35 bits per heavy atom. The molecule has 0 aliphatic carbocycles. The largest absolute Gasteiger partial charge is 0.371 e. The number of unbranched alkanes of at least 4 members (excludes halogenated alkanes) is 2. The molecule has 1 aliphatic heterocycles. The van der Waals surface area contributed by atoms with Gasteiger partial charge in [-0.3, -0.25) is 0 Å². The van der Waals surface area contributed by atoms with Gasteiger partial charge in [-0.1, -0.05) is 25.1 Å². The number of fused-ring (bicyclic) bond motifs is 1. The summed E-state index contributed by atoms with van der Waals surface area (Å²) in [5, 5.41) is 8.54. The van der Waals surface area contributed by atoms with Gasteiger partial charge >= 0.3 is 0 Å². The lowest BCUT2D eigenvalue weighted by Gasteiger charge is -2.34. The molecule has 1 unspecified atom stereocenters. The van der Waals surface area contributed by atoms with Crippen molar-refractivity contribution >= 4 is 5.69 Å². The first-order valence-electron chi connectivity index (χ1n) is 6.51. The van der Waals surface area contributed by atoms with E-state index in [-0.39, 0.29) is 0 Å². The zero-order chi connectivity index (χ0) is 12.1. The summed E-state index contributed by atoms with van der Waals surface area (Å²) in [5.41, 5.74) is 2.88. The van der Waals surface area contributed by atoms with Crippen molar-refractivity contribution in [2.24, 2.45) is 5.92 Å². The standard InChI is InChI=1S/C15H20N2/c1-13-11-14-7-3-4-8-15(14)17(12-13)10-6-2-5-9-16/h3-4,7-8,13H,2,5-6,10-12H2,1H3. The predicted molar refractivity (Wildman–Crippen MR) is 71.0 cm³/mol. The molecule has 0 amide bonds. The van der Waals surface area contributed by atoms with Gasteiger partial charge in [0, 0.05) is 25.2 Å². The highest BCUT2D eigenvalue weighted by Gasteiger charge is 2.20. The van der Waals surface area contributed by atoms with Gasteiger partial charge in [0.15, 0.2) is 0 Å². The Morgan fingerprint density at radius 2 is 2.18 bits per heavy atom. The summed E-state index contributed by atoms with van der Waals surface area (Å²) in [4.78, 5) is 2.49. The molecule has 2 heteroatoms. The van der Waals surface area contributed by atoms with Crippen LogP contribution in [0.5, 0.6) is 0 Å². The molecule has 17 heavy (non-hydrogen) atoms. The summed E-state index contributed by atoms with van der Waals surface area (Å²) in [7, 11) is 0. The highest BCUT2D eigenvalue weighted by molar-refractivity contribution is 5.55. The van der Waals surface area contributed by atoms with Crippen LogP contribution in [0.4, 0.5) is 5.69 Å². The lowest BCUT2D eigenvalue weighted by molar-refractivity contribution is 0.523. The van der Waals surface area contributed by atoms with Gasteiger partial charge in [-0.05, 0) is 36.8 Å². The van der Waals surface area contributed by atoms with Crippen molar-refractivity contribution in [1.29, 1.82) is 5.26 Å². The molecule has 0 radical (unpaired) electrons. The first-order chi connectivity index (χ1) is 8.31. The topological polar surface area (TPSA) is 27.0 Å². The number of rotatable bonds is 4. The minimum absolute atomic E-state index is 0.686. The van der Waals surface area contributed by atoms with E-state index in [4.69, 9.17) is 5.26 Å². The van der Waals surface area contributed by atoms with Gasteiger partial charge in [0.05, 0.1) is 6.07 Å². The molecule has 0 fully saturated rings. The maximum atomic E-state index is 8.54. The van der Waals surface area contributed by atoms with Crippen LogP contribution in [0.2, 0.25) is 0 Å². The Kier molecular flexibility index (Phi) is 4.03. The van der Waals surface area contributed by atoms with E-state index in [1.165, 1.54) is 17.7 Å².